The highest BCUT2D eigenvalue weighted by molar-refractivity contribution is 6.38. The van der Waals surface area contributed by atoms with E-state index in [1.165, 1.54) is 0 Å². The van der Waals surface area contributed by atoms with Crippen molar-refractivity contribution in [1.29, 1.82) is 0 Å². The number of para-hydroxylation sites is 1. The molecule has 27 heavy (non-hydrogen) atoms. The van der Waals surface area contributed by atoms with Crippen LogP contribution in [-0.4, -0.2) is 61.9 Å². The molecule has 1 aromatic rings. The van der Waals surface area contributed by atoms with E-state index in [0.717, 1.165) is 5.69 Å². The number of carbonyl (C=O) groups excluding carboxylic acids is 2. The van der Waals surface area contributed by atoms with Gasteiger partial charge in [0.05, 0.1) is 18.9 Å². The molecule has 1 heterocycles. The van der Waals surface area contributed by atoms with Crippen molar-refractivity contribution in [3.8, 4) is 0 Å². The number of rotatable bonds is 9. The van der Waals surface area contributed by atoms with Crippen LogP contribution in [0.4, 0.5) is 5.69 Å². The number of hydrazone groups is 1. The normalized spacial score (nSPS) is 16.4. The maximum absolute atomic E-state index is 13.3. The van der Waals surface area contributed by atoms with E-state index in [1.807, 2.05) is 30.3 Å². The zero-order chi connectivity index (χ0) is 19.8. The van der Waals surface area contributed by atoms with E-state index in [1.54, 1.807) is 23.9 Å². The van der Waals surface area contributed by atoms with Crippen molar-refractivity contribution in [2.75, 3.05) is 38.4 Å². The summed E-state index contributed by atoms with van der Waals surface area (Å²) >= 11 is 0. The zero-order valence-electron chi connectivity index (χ0n) is 16.6. The SMILES string of the molecule is CCOC(=O)C1=NN(c2ccccc2)C(C(=O)N(CCOC)CC(C)C)C1. The molecule has 1 aliphatic rings. The minimum atomic E-state index is -0.567. The van der Waals surface area contributed by atoms with Gasteiger partial charge in [-0.25, -0.2) is 4.79 Å². The van der Waals surface area contributed by atoms with Gasteiger partial charge in [-0.3, -0.25) is 9.80 Å². The highest BCUT2D eigenvalue weighted by Gasteiger charge is 2.38. The molecule has 0 saturated carbocycles. The molecule has 2 rings (SSSR count). The Labute approximate surface area is 160 Å². The summed E-state index contributed by atoms with van der Waals surface area (Å²) in [5, 5.41) is 6.05. The minimum Gasteiger partial charge on any atom is -0.461 e. The Morgan fingerprint density at radius 3 is 2.59 bits per heavy atom. The zero-order valence-corrected chi connectivity index (χ0v) is 16.6. The van der Waals surface area contributed by atoms with Crippen LogP contribution >= 0.6 is 0 Å². The van der Waals surface area contributed by atoms with Crippen molar-refractivity contribution >= 4 is 23.3 Å². The van der Waals surface area contributed by atoms with Crippen molar-refractivity contribution in [2.24, 2.45) is 11.0 Å². The molecule has 1 aromatic carbocycles. The fourth-order valence-electron chi connectivity index (χ4n) is 3.00. The first-order chi connectivity index (χ1) is 13.0. The van der Waals surface area contributed by atoms with Gasteiger partial charge in [-0.15, -0.1) is 0 Å². The van der Waals surface area contributed by atoms with Gasteiger partial charge < -0.3 is 14.4 Å². The van der Waals surface area contributed by atoms with Gasteiger partial charge in [0.1, 0.15) is 11.8 Å². The number of hydrogen-bond donors (Lipinski definition) is 0. The van der Waals surface area contributed by atoms with Crippen LogP contribution in [0.1, 0.15) is 27.2 Å². The number of hydrogen-bond acceptors (Lipinski definition) is 6. The number of nitrogens with zero attached hydrogens (tertiary/aromatic N) is 3. The van der Waals surface area contributed by atoms with Gasteiger partial charge >= 0.3 is 5.97 Å². The lowest BCUT2D eigenvalue weighted by Crippen LogP contribution is -2.47. The lowest BCUT2D eigenvalue weighted by molar-refractivity contribution is -0.135. The van der Waals surface area contributed by atoms with Crippen molar-refractivity contribution in [3.05, 3.63) is 30.3 Å². The molecule has 7 nitrogen and oxygen atoms in total. The summed E-state index contributed by atoms with van der Waals surface area (Å²) in [6.45, 7) is 7.74. The lowest BCUT2D eigenvalue weighted by atomic mass is 10.1. The van der Waals surface area contributed by atoms with Crippen LogP contribution in [-0.2, 0) is 19.1 Å². The smallest absolute Gasteiger partial charge is 0.354 e. The average Bonchev–Trinajstić information content (AvgIpc) is 3.10. The van der Waals surface area contributed by atoms with Gasteiger partial charge in [-0.2, -0.15) is 5.10 Å². The standard InChI is InChI=1S/C20H29N3O4/c1-5-27-20(25)17-13-18(23(21-17)16-9-7-6-8-10-16)19(24)22(11-12-26-4)14-15(2)3/h6-10,15,18H,5,11-14H2,1-4H3. The van der Waals surface area contributed by atoms with Crippen molar-refractivity contribution in [2.45, 2.75) is 33.2 Å². The summed E-state index contributed by atoms with van der Waals surface area (Å²) < 4.78 is 10.2. The van der Waals surface area contributed by atoms with Crippen molar-refractivity contribution in [1.82, 2.24) is 4.90 Å². The van der Waals surface area contributed by atoms with Crippen LogP contribution in [0.25, 0.3) is 0 Å². The van der Waals surface area contributed by atoms with E-state index in [-0.39, 0.29) is 24.6 Å². The van der Waals surface area contributed by atoms with Crippen molar-refractivity contribution < 1.29 is 19.1 Å². The molecule has 148 valence electrons. The molecule has 0 aromatic heterocycles. The Morgan fingerprint density at radius 2 is 2.00 bits per heavy atom. The summed E-state index contributed by atoms with van der Waals surface area (Å²) in [6.07, 6.45) is 0.230. The predicted octanol–water partition coefficient (Wildman–Crippen LogP) is 2.32. The highest BCUT2D eigenvalue weighted by Crippen LogP contribution is 2.26. The number of esters is 1. The van der Waals surface area contributed by atoms with Crippen LogP contribution < -0.4 is 5.01 Å². The van der Waals surface area contributed by atoms with E-state index < -0.39 is 12.0 Å². The minimum absolute atomic E-state index is 0.0624. The van der Waals surface area contributed by atoms with Gasteiger partial charge in [0.15, 0.2) is 0 Å². The Balaban J connectivity index is 2.28. The quantitative estimate of drug-likeness (QED) is 0.620. The first kappa shape index (κ1) is 20.9. The second-order valence-electron chi connectivity index (χ2n) is 6.84. The third-order valence-electron chi connectivity index (χ3n) is 4.19. The number of methoxy groups -OCH3 is 1. The van der Waals surface area contributed by atoms with Crippen LogP contribution in [0.2, 0.25) is 0 Å². The van der Waals surface area contributed by atoms with Crippen LogP contribution in [0.5, 0.6) is 0 Å². The molecule has 1 atom stereocenters. The maximum Gasteiger partial charge on any atom is 0.354 e. The van der Waals surface area contributed by atoms with Gasteiger partial charge in [-0.05, 0) is 25.0 Å². The molecule has 7 heteroatoms. The second-order valence-corrected chi connectivity index (χ2v) is 6.84. The van der Waals surface area contributed by atoms with Crippen molar-refractivity contribution in [3.63, 3.8) is 0 Å². The molecule has 0 bridgehead atoms. The summed E-state index contributed by atoms with van der Waals surface area (Å²) in [6, 6.07) is 8.84. The van der Waals surface area contributed by atoms with E-state index in [4.69, 9.17) is 9.47 Å². The molecule has 0 fully saturated rings. The number of anilines is 1. The summed E-state index contributed by atoms with van der Waals surface area (Å²) in [5.41, 5.74) is 1.04. The highest BCUT2D eigenvalue weighted by atomic mass is 16.5. The Kier molecular flexibility index (Phi) is 7.79. The fraction of sp³-hybridized carbons (Fsp3) is 0.550. The molecule has 0 radical (unpaired) electrons. The molecular formula is C20H29N3O4. The van der Waals surface area contributed by atoms with E-state index >= 15 is 0 Å². The van der Waals surface area contributed by atoms with Gasteiger partial charge in [0.25, 0.3) is 0 Å². The molecule has 0 spiro atoms. The summed E-state index contributed by atoms with van der Waals surface area (Å²) in [5.74, 6) is -0.212. The third-order valence-corrected chi connectivity index (χ3v) is 4.19. The predicted molar refractivity (Wildman–Crippen MR) is 105 cm³/mol. The molecule has 0 saturated heterocycles. The first-order valence-electron chi connectivity index (χ1n) is 9.34. The molecule has 1 unspecified atom stereocenters. The monoisotopic (exact) mass is 375 g/mol. The molecule has 0 N–H and O–H groups in total. The molecule has 1 amide bonds. The number of benzene rings is 1. The largest absolute Gasteiger partial charge is 0.461 e. The number of ether oxygens (including phenoxy) is 2. The number of carbonyl (C=O) groups is 2. The third kappa shape index (κ3) is 5.53. The van der Waals surface area contributed by atoms with Crippen LogP contribution in [0.3, 0.4) is 0 Å². The van der Waals surface area contributed by atoms with Crippen LogP contribution in [0, 0.1) is 5.92 Å². The first-order valence-corrected chi connectivity index (χ1v) is 9.34. The molecule has 0 aliphatic carbocycles. The fourth-order valence-corrected chi connectivity index (χ4v) is 3.00. The molecular weight excluding hydrogens is 346 g/mol. The van der Waals surface area contributed by atoms with Crippen LogP contribution in [0.15, 0.2) is 35.4 Å². The number of amides is 1. The topological polar surface area (TPSA) is 71.4 Å². The Morgan fingerprint density at radius 1 is 1.30 bits per heavy atom. The second kappa shape index (κ2) is 10.1. The van der Waals surface area contributed by atoms with E-state index in [0.29, 0.717) is 25.6 Å². The summed E-state index contributed by atoms with van der Waals surface area (Å²) in [7, 11) is 1.62. The van der Waals surface area contributed by atoms with E-state index in [9.17, 15) is 9.59 Å². The Bertz CT molecular complexity index is 660. The van der Waals surface area contributed by atoms with Gasteiger partial charge in [0, 0.05) is 26.6 Å². The average molecular weight is 375 g/mol. The summed E-state index contributed by atoms with van der Waals surface area (Å²) in [4.78, 5) is 27.3. The Hall–Kier alpha value is -2.41. The maximum atomic E-state index is 13.3. The van der Waals surface area contributed by atoms with E-state index in [2.05, 4.69) is 18.9 Å². The molecule has 1 aliphatic heterocycles. The lowest BCUT2D eigenvalue weighted by Gasteiger charge is -2.30. The van der Waals surface area contributed by atoms with Gasteiger partial charge in [-0.1, -0.05) is 32.0 Å². The van der Waals surface area contributed by atoms with Gasteiger partial charge in [0.2, 0.25) is 5.91 Å².